The fourth-order valence-corrected chi connectivity index (χ4v) is 4.16. The van der Waals surface area contributed by atoms with E-state index in [2.05, 4.69) is 0 Å². The molecule has 0 saturated carbocycles. The number of ether oxygens (including phenoxy) is 4. The highest BCUT2D eigenvalue weighted by Crippen LogP contribution is 2.26. The molecule has 0 aromatic heterocycles. The number of carbonyl (C=O) groups excluding carboxylic acids is 1. The van der Waals surface area contributed by atoms with E-state index < -0.39 is 20.5 Å². The van der Waals surface area contributed by atoms with Gasteiger partial charge in [0.1, 0.15) is 5.60 Å². The van der Waals surface area contributed by atoms with Gasteiger partial charge >= 0.3 is 14.9 Å². The average molecular weight is 398 g/mol. The molecular weight excluding hydrogens is 362 g/mol. The highest BCUT2D eigenvalue weighted by molar-refractivity contribution is 6.60. The number of nitrogens with two attached hydrogens (primary N) is 1. The molecule has 0 radical (unpaired) electrons. The summed E-state index contributed by atoms with van der Waals surface area (Å²) >= 11 is 0. The van der Waals surface area contributed by atoms with Crippen molar-refractivity contribution >= 4 is 14.9 Å². The van der Waals surface area contributed by atoms with Crippen molar-refractivity contribution in [1.29, 1.82) is 0 Å². The standard InChI is InChI=1S/C16H35NO8Si/c1-14(19-3)24-12-11-23-10-9-16(2,25-15(17)18)8-7-13-26(20-4,21-5)22-6/h14H,7-13H2,1-6H3,(H2,17,18). The summed E-state index contributed by atoms with van der Waals surface area (Å²) in [5.74, 6) is 0. The molecule has 0 aliphatic heterocycles. The van der Waals surface area contributed by atoms with Gasteiger partial charge in [-0.05, 0) is 26.7 Å². The summed E-state index contributed by atoms with van der Waals surface area (Å²) in [5.41, 5.74) is 4.48. The highest BCUT2D eigenvalue weighted by atomic mass is 28.4. The van der Waals surface area contributed by atoms with Crippen molar-refractivity contribution in [2.75, 3.05) is 48.3 Å². The van der Waals surface area contributed by atoms with Crippen LogP contribution in [0.25, 0.3) is 0 Å². The van der Waals surface area contributed by atoms with E-state index in [4.69, 9.17) is 38.0 Å². The predicted molar refractivity (Wildman–Crippen MR) is 97.8 cm³/mol. The van der Waals surface area contributed by atoms with Gasteiger partial charge in [0.25, 0.3) is 0 Å². The molecule has 0 heterocycles. The smallest absolute Gasteiger partial charge is 0.443 e. The van der Waals surface area contributed by atoms with Gasteiger partial charge in [-0.3, -0.25) is 0 Å². The summed E-state index contributed by atoms with van der Waals surface area (Å²) in [5, 5.41) is 0. The van der Waals surface area contributed by atoms with E-state index in [0.717, 1.165) is 0 Å². The van der Waals surface area contributed by atoms with E-state index in [-0.39, 0.29) is 6.29 Å². The lowest BCUT2D eigenvalue weighted by molar-refractivity contribution is -0.123. The van der Waals surface area contributed by atoms with Crippen molar-refractivity contribution in [3.63, 3.8) is 0 Å². The largest absolute Gasteiger partial charge is 0.500 e. The minimum absolute atomic E-state index is 0.270. The van der Waals surface area contributed by atoms with E-state index in [1.54, 1.807) is 35.4 Å². The van der Waals surface area contributed by atoms with Gasteiger partial charge in [0.15, 0.2) is 6.29 Å². The molecule has 10 heteroatoms. The average Bonchev–Trinajstić information content (AvgIpc) is 2.61. The van der Waals surface area contributed by atoms with Crippen LogP contribution in [0.15, 0.2) is 0 Å². The third-order valence-corrected chi connectivity index (χ3v) is 6.99. The Morgan fingerprint density at radius 2 is 1.65 bits per heavy atom. The molecule has 0 aliphatic rings. The Balaban J connectivity index is 4.36. The van der Waals surface area contributed by atoms with Crippen LogP contribution in [0.3, 0.4) is 0 Å². The van der Waals surface area contributed by atoms with Gasteiger partial charge in [-0.25, -0.2) is 4.79 Å². The molecule has 2 N–H and O–H groups in total. The third kappa shape index (κ3) is 10.4. The molecule has 0 aromatic carbocycles. The first-order valence-corrected chi connectivity index (χ1v) is 10.6. The highest BCUT2D eigenvalue weighted by Gasteiger charge is 2.38. The molecule has 2 atom stereocenters. The molecule has 26 heavy (non-hydrogen) atoms. The van der Waals surface area contributed by atoms with Crippen LogP contribution in [0.2, 0.25) is 6.04 Å². The van der Waals surface area contributed by atoms with Crippen LogP contribution in [-0.2, 0) is 32.2 Å². The van der Waals surface area contributed by atoms with Crippen LogP contribution in [0.5, 0.6) is 0 Å². The lowest BCUT2D eigenvalue weighted by Gasteiger charge is -2.30. The minimum Gasteiger partial charge on any atom is -0.443 e. The zero-order valence-electron chi connectivity index (χ0n) is 16.9. The van der Waals surface area contributed by atoms with E-state index >= 15 is 0 Å². The third-order valence-electron chi connectivity index (χ3n) is 4.16. The molecular formula is C16H35NO8Si. The van der Waals surface area contributed by atoms with Gasteiger partial charge in [-0.2, -0.15) is 0 Å². The number of methoxy groups -OCH3 is 1. The zero-order valence-corrected chi connectivity index (χ0v) is 17.9. The van der Waals surface area contributed by atoms with Gasteiger partial charge in [0.2, 0.25) is 0 Å². The van der Waals surface area contributed by atoms with E-state index in [0.29, 0.717) is 45.1 Å². The first-order chi connectivity index (χ1) is 12.3. The first kappa shape index (κ1) is 25.2. The van der Waals surface area contributed by atoms with E-state index in [1.807, 2.05) is 6.92 Å². The summed E-state index contributed by atoms with van der Waals surface area (Å²) in [6.07, 6.45) is 0.714. The fourth-order valence-electron chi connectivity index (χ4n) is 2.44. The SMILES string of the molecule is COC(C)OCCOCCC(C)(CCC[Si](OC)(OC)OC)OC(N)=O. The molecule has 0 aromatic rings. The summed E-state index contributed by atoms with van der Waals surface area (Å²) in [7, 11) is 3.63. The molecule has 0 fully saturated rings. The predicted octanol–water partition coefficient (Wildman–Crippen LogP) is 1.91. The van der Waals surface area contributed by atoms with Crippen LogP contribution < -0.4 is 5.73 Å². The van der Waals surface area contributed by atoms with Crippen molar-refractivity contribution in [2.45, 2.75) is 51.0 Å². The summed E-state index contributed by atoms with van der Waals surface area (Å²) in [6, 6.07) is 0.609. The van der Waals surface area contributed by atoms with Gasteiger partial charge in [0.05, 0.1) is 19.8 Å². The number of primary amides is 1. The zero-order chi connectivity index (χ0) is 20.1. The molecule has 0 spiro atoms. The summed E-state index contributed by atoms with van der Waals surface area (Å²) in [4.78, 5) is 11.2. The number of hydrogen-bond acceptors (Lipinski definition) is 8. The molecule has 156 valence electrons. The second-order valence-electron chi connectivity index (χ2n) is 6.06. The Bertz CT molecular complexity index is 375. The quantitative estimate of drug-likeness (QED) is 0.239. The van der Waals surface area contributed by atoms with E-state index in [9.17, 15) is 4.79 Å². The second-order valence-corrected chi connectivity index (χ2v) is 9.15. The Kier molecular flexibility index (Phi) is 13.0. The van der Waals surface area contributed by atoms with Crippen molar-refractivity contribution in [1.82, 2.24) is 0 Å². The Morgan fingerprint density at radius 3 is 2.15 bits per heavy atom. The molecule has 0 saturated heterocycles. The Hall–Kier alpha value is -0.753. The molecule has 9 nitrogen and oxygen atoms in total. The Labute approximate surface area is 157 Å². The van der Waals surface area contributed by atoms with Gasteiger partial charge in [-0.15, -0.1) is 0 Å². The molecule has 0 rings (SSSR count). The lowest BCUT2D eigenvalue weighted by atomic mass is 9.96. The van der Waals surface area contributed by atoms with Crippen molar-refractivity contribution in [3.05, 3.63) is 0 Å². The monoisotopic (exact) mass is 397 g/mol. The van der Waals surface area contributed by atoms with Crippen LogP contribution in [-0.4, -0.2) is 75.0 Å². The topological polar surface area (TPSA) is 108 Å². The molecule has 0 bridgehead atoms. The van der Waals surface area contributed by atoms with Gasteiger partial charge in [-0.1, -0.05) is 0 Å². The molecule has 2 unspecified atom stereocenters. The first-order valence-electron chi connectivity index (χ1n) is 8.62. The number of rotatable bonds is 16. The van der Waals surface area contributed by atoms with Gasteiger partial charge < -0.3 is 38.0 Å². The normalized spacial score (nSPS) is 15.5. The van der Waals surface area contributed by atoms with Crippen LogP contribution >= 0.6 is 0 Å². The Morgan fingerprint density at radius 1 is 1.04 bits per heavy atom. The lowest BCUT2D eigenvalue weighted by Crippen LogP contribution is -2.43. The molecule has 1 amide bonds. The fraction of sp³-hybridized carbons (Fsp3) is 0.938. The number of carbonyl (C=O) groups is 1. The van der Waals surface area contributed by atoms with Crippen molar-refractivity contribution in [2.24, 2.45) is 5.73 Å². The van der Waals surface area contributed by atoms with Crippen molar-refractivity contribution < 1.29 is 37.0 Å². The maximum absolute atomic E-state index is 11.2. The maximum Gasteiger partial charge on any atom is 0.500 e. The minimum atomic E-state index is -2.65. The van der Waals surface area contributed by atoms with Gasteiger partial charge in [0, 0.05) is 40.9 Å². The molecule has 0 aliphatic carbocycles. The van der Waals surface area contributed by atoms with Crippen molar-refractivity contribution in [3.8, 4) is 0 Å². The summed E-state index contributed by atoms with van der Waals surface area (Å²) in [6.45, 7) is 4.90. The van der Waals surface area contributed by atoms with Crippen LogP contribution in [0.1, 0.15) is 33.1 Å². The number of hydrogen-bond donors (Lipinski definition) is 1. The van der Waals surface area contributed by atoms with E-state index in [1.165, 1.54) is 0 Å². The maximum atomic E-state index is 11.2. The summed E-state index contributed by atoms with van der Waals surface area (Å²) < 4.78 is 37.4. The van der Waals surface area contributed by atoms with Crippen LogP contribution in [0.4, 0.5) is 4.79 Å². The second kappa shape index (κ2) is 13.4. The number of amides is 1. The van der Waals surface area contributed by atoms with Crippen LogP contribution in [0, 0.1) is 0 Å².